The van der Waals surface area contributed by atoms with E-state index in [0.29, 0.717) is 23.5 Å². The SMILES string of the molecule is CC(C)CNC(=O)c1ccccc1NC(=O)CN(c1cccc2ccccc12)S(C)(=O)=O. The molecule has 0 spiro atoms. The first-order valence-electron chi connectivity index (χ1n) is 10.3. The van der Waals surface area contributed by atoms with Gasteiger partial charge in [0, 0.05) is 11.9 Å². The third kappa shape index (κ3) is 5.64. The normalized spacial score (nSPS) is 11.4. The number of rotatable bonds is 8. The van der Waals surface area contributed by atoms with Gasteiger partial charge < -0.3 is 10.6 Å². The highest BCUT2D eigenvalue weighted by molar-refractivity contribution is 7.92. The first-order valence-corrected chi connectivity index (χ1v) is 12.1. The zero-order valence-electron chi connectivity index (χ0n) is 18.3. The zero-order chi connectivity index (χ0) is 23.3. The van der Waals surface area contributed by atoms with E-state index >= 15 is 0 Å². The van der Waals surface area contributed by atoms with Crippen LogP contribution in [0.4, 0.5) is 11.4 Å². The topological polar surface area (TPSA) is 95.6 Å². The molecule has 7 nitrogen and oxygen atoms in total. The Morgan fingerprint density at radius 1 is 0.938 bits per heavy atom. The Bertz CT molecular complexity index is 1230. The fourth-order valence-electron chi connectivity index (χ4n) is 3.31. The van der Waals surface area contributed by atoms with Crippen molar-refractivity contribution in [3.05, 3.63) is 72.3 Å². The largest absolute Gasteiger partial charge is 0.352 e. The number of fused-ring (bicyclic) bond motifs is 1. The van der Waals surface area contributed by atoms with Crippen LogP contribution in [0.25, 0.3) is 10.8 Å². The van der Waals surface area contributed by atoms with Crippen LogP contribution in [0, 0.1) is 5.92 Å². The first-order chi connectivity index (χ1) is 15.2. The monoisotopic (exact) mass is 453 g/mol. The van der Waals surface area contributed by atoms with E-state index in [4.69, 9.17) is 0 Å². The van der Waals surface area contributed by atoms with Crippen LogP contribution in [0.2, 0.25) is 0 Å². The van der Waals surface area contributed by atoms with Gasteiger partial charge in [-0.3, -0.25) is 13.9 Å². The number of nitrogens with zero attached hydrogens (tertiary/aromatic N) is 1. The predicted molar refractivity (Wildman–Crippen MR) is 128 cm³/mol. The molecule has 3 rings (SSSR count). The average Bonchev–Trinajstić information content (AvgIpc) is 2.75. The van der Waals surface area contributed by atoms with Crippen LogP contribution in [0.5, 0.6) is 0 Å². The lowest BCUT2D eigenvalue weighted by Crippen LogP contribution is -2.38. The number of hydrogen-bond donors (Lipinski definition) is 2. The molecular weight excluding hydrogens is 426 g/mol. The lowest BCUT2D eigenvalue weighted by Gasteiger charge is -2.23. The molecule has 0 aliphatic carbocycles. The van der Waals surface area contributed by atoms with Crippen molar-refractivity contribution in [2.24, 2.45) is 5.92 Å². The predicted octanol–water partition coefficient (Wildman–Crippen LogP) is 3.63. The van der Waals surface area contributed by atoms with Crippen molar-refractivity contribution in [2.75, 3.05) is 29.0 Å². The minimum atomic E-state index is -3.75. The Morgan fingerprint density at radius 3 is 2.31 bits per heavy atom. The molecule has 32 heavy (non-hydrogen) atoms. The summed E-state index contributed by atoms with van der Waals surface area (Å²) >= 11 is 0. The summed E-state index contributed by atoms with van der Waals surface area (Å²) in [6, 6.07) is 19.3. The van der Waals surface area contributed by atoms with Crippen molar-refractivity contribution in [3.8, 4) is 0 Å². The van der Waals surface area contributed by atoms with Gasteiger partial charge in [0.2, 0.25) is 15.9 Å². The molecule has 0 aromatic heterocycles. The van der Waals surface area contributed by atoms with E-state index in [0.717, 1.165) is 21.3 Å². The Labute approximate surface area is 188 Å². The summed E-state index contributed by atoms with van der Waals surface area (Å²) in [5.41, 5.74) is 1.06. The molecule has 168 valence electrons. The third-order valence-electron chi connectivity index (χ3n) is 4.84. The summed E-state index contributed by atoms with van der Waals surface area (Å²) < 4.78 is 26.2. The van der Waals surface area contributed by atoms with Gasteiger partial charge in [-0.05, 0) is 29.5 Å². The number of carbonyl (C=O) groups is 2. The number of sulfonamides is 1. The maximum atomic E-state index is 12.9. The van der Waals surface area contributed by atoms with E-state index in [1.807, 2.05) is 44.2 Å². The van der Waals surface area contributed by atoms with Crippen LogP contribution in [0.1, 0.15) is 24.2 Å². The summed E-state index contributed by atoms with van der Waals surface area (Å²) in [7, 11) is -3.75. The van der Waals surface area contributed by atoms with Crippen LogP contribution in [-0.4, -0.2) is 39.6 Å². The molecule has 2 amide bonds. The summed E-state index contributed by atoms with van der Waals surface area (Å²) in [6.45, 7) is 4.06. The first kappa shape index (κ1) is 23.3. The van der Waals surface area contributed by atoms with Gasteiger partial charge in [-0.1, -0.05) is 62.4 Å². The number of amides is 2. The minimum Gasteiger partial charge on any atom is -0.352 e. The van der Waals surface area contributed by atoms with Crippen LogP contribution in [0.3, 0.4) is 0 Å². The Morgan fingerprint density at radius 2 is 1.59 bits per heavy atom. The number of benzene rings is 3. The maximum Gasteiger partial charge on any atom is 0.253 e. The van der Waals surface area contributed by atoms with E-state index in [-0.39, 0.29) is 11.8 Å². The molecule has 0 aliphatic heterocycles. The highest BCUT2D eigenvalue weighted by Crippen LogP contribution is 2.28. The summed E-state index contributed by atoms with van der Waals surface area (Å²) in [5.74, 6) is -0.569. The van der Waals surface area contributed by atoms with Gasteiger partial charge in [-0.15, -0.1) is 0 Å². The Kier molecular flexibility index (Phi) is 7.15. The van der Waals surface area contributed by atoms with Crippen LogP contribution < -0.4 is 14.9 Å². The lowest BCUT2D eigenvalue weighted by atomic mass is 10.1. The Hall–Kier alpha value is -3.39. The number of carbonyl (C=O) groups excluding carboxylic acids is 2. The minimum absolute atomic E-state index is 0.282. The highest BCUT2D eigenvalue weighted by Gasteiger charge is 2.23. The molecule has 2 N–H and O–H groups in total. The van der Waals surface area contributed by atoms with Gasteiger partial charge >= 0.3 is 0 Å². The van der Waals surface area contributed by atoms with Crippen molar-refractivity contribution < 1.29 is 18.0 Å². The van der Waals surface area contributed by atoms with Gasteiger partial charge in [-0.2, -0.15) is 0 Å². The summed E-state index contributed by atoms with van der Waals surface area (Å²) in [4.78, 5) is 25.4. The fraction of sp³-hybridized carbons (Fsp3) is 0.250. The standard InChI is InChI=1S/C24H27N3O4S/c1-17(2)15-25-24(29)20-12-6-7-13-21(20)26-23(28)16-27(32(3,30)31)22-14-8-10-18-9-4-5-11-19(18)22/h4-14,17H,15-16H2,1-3H3,(H,25,29)(H,26,28). The summed E-state index contributed by atoms with van der Waals surface area (Å²) in [5, 5.41) is 7.11. The van der Waals surface area contributed by atoms with E-state index in [9.17, 15) is 18.0 Å². The van der Waals surface area contributed by atoms with E-state index in [1.165, 1.54) is 0 Å². The maximum absolute atomic E-state index is 12.9. The smallest absolute Gasteiger partial charge is 0.253 e. The molecular formula is C24H27N3O4S. The molecule has 0 saturated heterocycles. The van der Waals surface area contributed by atoms with E-state index < -0.39 is 22.5 Å². The lowest BCUT2D eigenvalue weighted by molar-refractivity contribution is -0.114. The van der Waals surface area contributed by atoms with Crippen molar-refractivity contribution in [2.45, 2.75) is 13.8 Å². The molecule has 0 fully saturated rings. The number of para-hydroxylation sites is 1. The molecule has 0 bridgehead atoms. The van der Waals surface area contributed by atoms with Crippen molar-refractivity contribution in [1.29, 1.82) is 0 Å². The zero-order valence-corrected chi connectivity index (χ0v) is 19.1. The second-order valence-electron chi connectivity index (χ2n) is 7.97. The quantitative estimate of drug-likeness (QED) is 0.544. The van der Waals surface area contributed by atoms with E-state index in [1.54, 1.807) is 36.4 Å². The number of hydrogen-bond acceptors (Lipinski definition) is 4. The highest BCUT2D eigenvalue weighted by atomic mass is 32.2. The van der Waals surface area contributed by atoms with Gasteiger partial charge in [-0.25, -0.2) is 8.42 Å². The Balaban J connectivity index is 1.86. The van der Waals surface area contributed by atoms with Gasteiger partial charge in [0.05, 0.1) is 23.2 Å². The molecule has 0 radical (unpaired) electrons. The van der Waals surface area contributed by atoms with Gasteiger partial charge in [0.1, 0.15) is 6.54 Å². The van der Waals surface area contributed by atoms with Gasteiger partial charge in [0.15, 0.2) is 0 Å². The third-order valence-corrected chi connectivity index (χ3v) is 5.97. The number of nitrogens with one attached hydrogen (secondary N) is 2. The van der Waals surface area contributed by atoms with Crippen molar-refractivity contribution >= 4 is 44.0 Å². The fourth-order valence-corrected chi connectivity index (χ4v) is 4.18. The second kappa shape index (κ2) is 9.82. The van der Waals surface area contributed by atoms with E-state index in [2.05, 4.69) is 10.6 Å². The molecule has 3 aromatic rings. The second-order valence-corrected chi connectivity index (χ2v) is 9.87. The molecule has 0 atom stereocenters. The van der Waals surface area contributed by atoms with Crippen LogP contribution in [-0.2, 0) is 14.8 Å². The molecule has 0 aliphatic rings. The molecule has 3 aromatic carbocycles. The van der Waals surface area contributed by atoms with Crippen molar-refractivity contribution in [3.63, 3.8) is 0 Å². The van der Waals surface area contributed by atoms with Crippen LogP contribution >= 0.6 is 0 Å². The van der Waals surface area contributed by atoms with Crippen molar-refractivity contribution in [1.82, 2.24) is 5.32 Å². The summed E-state index contributed by atoms with van der Waals surface area (Å²) in [6.07, 6.45) is 1.06. The number of anilines is 2. The molecule has 0 unspecified atom stereocenters. The average molecular weight is 454 g/mol. The van der Waals surface area contributed by atoms with Crippen LogP contribution in [0.15, 0.2) is 66.7 Å². The molecule has 0 saturated carbocycles. The molecule has 0 heterocycles. The molecule has 8 heteroatoms. The van der Waals surface area contributed by atoms with Gasteiger partial charge in [0.25, 0.3) is 5.91 Å².